The van der Waals surface area contributed by atoms with Crippen LogP contribution in [0.25, 0.3) is 17.0 Å². The highest BCUT2D eigenvalue weighted by Crippen LogP contribution is 2.23. The molecule has 0 fully saturated rings. The van der Waals surface area contributed by atoms with Crippen molar-refractivity contribution in [3.8, 4) is 0 Å². The van der Waals surface area contributed by atoms with Crippen LogP contribution in [0.3, 0.4) is 0 Å². The molecule has 0 aliphatic rings. The number of hydrogen-bond donors (Lipinski definition) is 1. The molecule has 4 heteroatoms. The molecule has 0 bridgehead atoms. The lowest BCUT2D eigenvalue weighted by atomic mass is 10.1. The number of rotatable bonds is 11. The Balaban J connectivity index is 1.77. The molecule has 1 N–H and O–H groups in total. The number of aliphatic hydroxyl groups is 1. The summed E-state index contributed by atoms with van der Waals surface area (Å²) in [4.78, 5) is 15.0. The number of fused-ring (bicyclic) bond motifs is 1. The van der Waals surface area contributed by atoms with Gasteiger partial charge in [0.2, 0.25) is 0 Å². The summed E-state index contributed by atoms with van der Waals surface area (Å²) >= 11 is 0. The number of aryl methyl sites for hydroxylation is 1. The lowest BCUT2D eigenvalue weighted by molar-refractivity contribution is 0.0869. The predicted octanol–water partition coefficient (Wildman–Crippen LogP) is 5.82. The third-order valence-electron chi connectivity index (χ3n) is 5.69. The highest BCUT2D eigenvalue weighted by molar-refractivity contribution is 6.07. The maximum Gasteiger partial charge on any atom is 0.185 e. The maximum atomic E-state index is 12.6. The van der Waals surface area contributed by atoms with Crippen LogP contribution in [0.2, 0.25) is 0 Å². The summed E-state index contributed by atoms with van der Waals surface area (Å²) in [6.45, 7) is 14.0. The first kappa shape index (κ1) is 24.9. The van der Waals surface area contributed by atoms with Crippen molar-refractivity contribution >= 4 is 22.8 Å². The van der Waals surface area contributed by atoms with E-state index in [0.717, 1.165) is 35.1 Å². The topological polar surface area (TPSA) is 45.5 Å². The van der Waals surface area contributed by atoms with Gasteiger partial charge in [-0.25, -0.2) is 0 Å². The van der Waals surface area contributed by atoms with E-state index in [9.17, 15) is 9.90 Å². The van der Waals surface area contributed by atoms with E-state index >= 15 is 0 Å². The Morgan fingerprint density at radius 2 is 1.61 bits per heavy atom. The molecule has 0 amide bonds. The van der Waals surface area contributed by atoms with E-state index in [-0.39, 0.29) is 5.78 Å². The monoisotopic (exact) mass is 446 g/mol. The average molecular weight is 447 g/mol. The number of nitrogens with zero attached hydrogens (tertiary/aromatic N) is 2. The van der Waals surface area contributed by atoms with Crippen LogP contribution < -0.4 is 0 Å². The molecule has 0 radical (unpaired) electrons. The zero-order chi connectivity index (χ0) is 24.0. The van der Waals surface area contributed by atoms with Gasteiger partial charge in [0.25, 0.3) is 0 Å². The molecule has 1 aromatic heterocycles. The van der Waals surface area contributed by atoms with E-state index in [1.807, 2.05) is 55.6 Å². The summed E-state index contributed by atoms with van der Waals surface area (Å²) in [5.41, 5.74) is 3.88. The van der Waals surface area contributed by atoms with Crippen LogP contribution in [0, 0.1) is 18.8 Å². The van der Waals surface area contributed by atoms with Crippen molar-refractivity contribution in [1.82, 2.24) is 9.47 Å². The van der Waals surface area contributed by atoms with E-state index in [1.54, 1.807) is 6.08 Å². The minimum atomic E-state index is -0.468. The van der Waals surface area contributed by atoms with Crippen molar-refractivity contribution in [2.75, 3.05) is 19.6 Å². The maximum absolute atomic E-state index is 12.6. The molecular formula is C29H38N2O2. The second-order valence-electron chi connectivity index (χ2n) is 9.98. The van der Waals surface area contributed by atoms with Crippen LogP contribution in [0.4, 0.5) is 0 Å². The molecule has 0 aliphatic heterocycles. The Labute approximate surface area is 198 Å². The van der Waals surface area contributed by atoms with Crippen molar-refractivity contribution in [1.29, 1.82) is 0 Å². The van der Waals surface area contributed by atoms with Crippen LogP contribution in [0.15, 0.2) is 60.8 Å². The molecule has 33 heavy (non-hydrogen) atoms. The van der Waals surface area contributed by atoms with Gasteiger partial charge in [0.1, 0.15) is 0 Å². The largest absolute Gasteiger partial charge is 0.390 e. The van der Waals surface area contributed by atoms with Gasteiger partial charge in [-0.3, -0.25) is 4.79 Å². The van der Waals surface area contributed by atoms with Crippen molar-refractivity contribution in [2.45, 2.75) is 47.3 Å². The Morgan fingerprint density at radius 1 is 0.970 bits per heavy atom. The lowest BCUT2D eigenvalue weighted by Gasteiger charge is -2.28. The van der Waals surface area contributed by atoms with Crippen LogP contribution in [-0.2, 0) is 6.54 Å². The third kappa shape index (κ3) is 7.15. The summed E-state index contributed by atoms with van der Waals surface area (Å²) in [5, 5.41) is 12.0. The zero-order valence-corrected chi connectivity index (χ0v) is 20.7. The first-order chi connectivity index (χ1) is 15.7. The van der Waals surface area contributed by atoms with E-state index in [2.05, 4.69) is 49.3 Å². The van der Waals surface area contributed by atoms with Crippen LogP contribution in [-0.4, -0.2) is 46.1 Å². The first-order valence-electron chi connectivity index (χ1n) is 12.0. The second kappa shape index (κ2) is 11.4. The minimum absolute atomic E-state index is 0.00937. The fraction of sp³-hybridized carbons (Fsp3) is 0.414. The molecular weight excluding hydrogens is 408 g/mol. The Morgan fingerprint density at radius 3 is 2.24 bits per heavy atom. The van der Waals surface area contributed by atoms with Gasteiger partial charge < -0.3 is 14.6 Å². The summed E-state index contributed by atoms with van der Waals surface area (Å²) in [6, 6.07) is 15.8. The number of benzene rings is 2. The number of allylic oxidation sites excluding steroid dienone is 1. The number of carbonyl (C=O) groups excluding carboxylic acids is 1. The molecule has 1 atom stereocenters. The van der Waals surface area contributed by atoms with Crippen molar-refractivity contribution < 1.29 is 9.90 Å². The van der Waals surface area contributed by atoms with Gasteiger partial charge in [-0.05, 0) is 37.0 Å². The number of carbonyl (C=O) groups is 1. The number of aliphatic hydroxyl groups excluding tert-OH is 1. The molecule has 3 rings (SSSR count). The molecule has 4 nitrogen and oxygen atoms in total. The molecule has 176 valence electrons. The number of hydrogen-bond acceptors (Lipinski definition) is 3. The van der Waals surface area contributed by atoms with Crippen LogP contribution >= 0.6 is 0 Å². The van der Waals surface area contributed by atoms with Crippen molar-refractivity contribution in [2.24, 2.45) is 11.8 Å². The van der Waals surface area contributed by atoms with Crippen molar-refractivity contribution in [3.63, 3.8) is 0 Å². The van der Waals surface area contributed by atoms with Crippen LogP contribution in [0.5, 0.6) is 0 Å². The van der Waals surface area contributed by atoms with E-state index < -0.39 is 6.10 Å². The highest BCUT2D eigenvalue weighted by atomic mass is 16.3. The highest BCUT2D eigenvalue weighted by Gasteiger charge is 2.16. The average Bonchev–Trinajstić information content (AvgIpc) is 3.09. The summed E-state index contributed by atoms with van der Waals surface area (Å²) < 4.78 is 2.11. The van der Waals surface area contributed by atoms with Gasteiger partial charge in [0.05, 0.1) is 6.10 Å². The minimum Gasteiger partial charge on any atom is -0.390 e. The quantitative estimate of drug-likeness (QED) is 0.298. The Kier molecular flexibility index (Phi) is 8.65. The Bertz CT molecular complexity index is 1070. The Hall–Kier alpha value is -2.69. The number of aromatic nitrogens is 1. The molecule has 0 saturated heterocycles. The molecule has 0 aliphatic carbocycles. The first-order valence-corrected chi connectivity index (χ1v) is 12.0. The number of para-hydroxylation sites is 1. The molecule has 0 saturated carbocycles. The predicted molar refractivity (Wildman–Crippen MR) is 139 cm³/mol. The van der Waals surface area contributed by atoms with Gasteiger partial charge in [0, 0.05) is 54.4 Å². The third-order valence-corrected chi connectivity index (χ3v) is 5.69. The standard InChI is InChI=1S/C29H38N2O2/c1-21(2)16-30(17-22(3)4)19-26(32)20-31-18-25(27-8-6-7-9-28(27)31)14-15-29(33)24-12-10-23(5)11-13-24/h6-15,18,21-22,26,32H,16-17,19-20H2,1-5H3. The number of ketones is 1. The van der Waals surface area contributed by atoms with Gasteiger partial charge in [-0.2, -0.15) is 0 Å². The fourth-order valence-electron chi connectivity index (χ4n) is 4.38. The lowest BCUT2D eigenvalue weighted by Crippen LogP contribution is -2.39. The van der Waals surface area contributed by atoms with Gasteiger partial charge in [0.15, 0.2) is 5.78 Å². The van der Waals surface area contributed by atoms with E-state index in [0.29, 0.717) is 30.5 Å². The van der Waals surface area contributed by atoms with E-state index in [1.165, 1.54) is 0 Å². The van der Waals surface area contributed by atoms with Gasteiger partial charge in [-0.15, -0.1) is 0 Å². The smallest absolute Gasteiger partial charge is 0.185 e. The van der Waals surface area contributed by atoms with Crippen molar-refractivity contribution in [3.05, 3.63) is 77.5 Å². The SMILES string of the molecule is Cc1ccc(C(=O)C=Cc2cn(CC(O)CN(CC(C)C)CC(C)C)c3ccccc23)cc1. The molecule has 0 spiro atoms. The molecule has 2 aromatic carbocycles. The zero-order valence-electron chi connectivity index (χ0n) is 20.7. The summed E-state index contributed by atoms with van der Waals surface area (Å²) in [7, 11) is 0. The van der Waals surface area contributed by atoms with Crippen LogP contribution in [0.1, 0.15) is 49.2 Å². The van der Waals surface area contributed by atoms with Gasteiger partial charge in [-0.1, -0.05) is 75.7 Å². The summed E-state index contributed by atoms with van der Waals surface area (Å²) in [6.07, 6.45) is 5.10. The molecule has 1 unspecified atom stereocenters. The van der Waals surface area contributed by atoms with Gasteiger partial charge >= 0.3 is 0 Å². The molecule has 3 aromatic rings. The molecule has 1 heterocycles. The fourth-order valence-corrected chi connectivity index (χ4v) is 4.38. The normalized spacial score (nSPS) is 13.1. The second-order valence-corrected chi connectivity index (χ2v) is 9.98. The van der Waals surface area contributed by atoms with E-state index in [4.69, 9.17) is 0 Å². The summed E-state index contributed by atoms with van der Waals surface area (Å²) in [5.74, 6) is 1.11.